The molecule has 1 aromatic carbocycles. The number of anilines is 1. The number of hydrogen-bond donors (Lipinski definition) is 3. The van der Waals surface area contributed by atoms with Crippen LogP contribution in [0.4, 0.5) is 18.9 Å². The molecule has 0 aliphatic rings. The lowest BCUT2D eigenvalue weighted by atomic mass is 10.3. The van der Waals surface area contributed by atoms with Crippen molar-refractivity contribution in [1.29, 1.82) is 0 Å². The lowest BCUT2D eigenvalue weighted by molar-refractivity contribution is 0.547. The van der Waals surface area contributed by atoms with E-state index in [4.69, 9.17) is 5.73 Å². The summed E-state index contributed by atoms with van der Waals surface area (Å²) in [7, 11) is -4.32. The monoisotopic (exact) mass is 306 g/mol. The molecule has 0 saturated heterocycles. The van der Waals surface area contributed by atoms with E-state index in [0.717, 1.165) is 0 Å². The number of benzene rings is 1. The van der Waals surface area contributed by atoms with E-state index in [2.05, 4.69) is 10.2 Å². The zero-order chi connectivity index (χ0) is 14.9. The lowest BCUT2D eigenvalue weighted by Gasteiger charge is -2.09. The summed E-state index contributed by atoms with van der Waals surface area (Å²) in [5.74, 6) is -3.91. The van der Waals surface area contributed by atoms with Crippen LogP contribution >= 0.6 is 0 Å². The number of aromatic nitrogens is 2. The predicted molar refractivity (Wildman–Crippen MR) is 63.6 cm³/mol. The predicted octanol–water partition coefficient (Wildman–Crippen LogP) is 1.09. The molecule has 4 N–H and O–H groups in total. The Morgan fingerprint density at radius 3 is 2.40 bits per heavy atom. The van der Waals surface area contributed by atoms with E-state index in [1.54, 1.807) is 4.72 Å². The number of aromatic amines is 1. The molecule has 0 fully saturated rings. The Bertz CT molecular complexity index is 722. The van der Waals surface area contributed by atoms with Crippen molar-refractivity contribution in [3.63, 3.8) is 0 Å². The van der Waals surface area contributed by atoms with Gasteiger partial charge >= 0.3 is 0 Å². The van der Waals surface area contributed by atoms with Crippen molar-refractivity contribution in [3.8, 4) is 0 Å². The van der Waals surface area contributed by atoms with Gasteiger partial charge in [-0.15, -0.1) is 0 Å². The highest BCUT2D eigenvalue weighted by Gasteiger charge is 2.24. The minimum atomic E-state index is -4.32. The second-order valence-electron chi connectivity index (χ2n) is 3.78. The molecular formula is C10H9F3N4O2S. The summed E-state index contributed by atoms with van der Waals surface area (Å²) in [5.41, 5.74) is 4.47. The summed E-state index contributed by atoms with van der Waals surface area (Å²) in [6.45, 7) is -0.138. The number of nitrogens with two attached hydrogens (primary N) is 1. The SMILES string of the molecule is NCc1cn[nH]c1S(=O)(=O)Nc1c(F)cc(F)cc1F. The number of H-pyrrole nitrogens is 1. The molecule has 0 aliphatic heterocycles. The molecule has 10 heteroatoms. The van der Waals surface area contributed by atoms with E-state index in [-0.39, 0.29) is 12.1 Å². The summed E-state index contributed by atoms with van der Waals surface area (Å²) in [4.78, 5) is 0. The maximum atomic E-state index is 13.4. The van der Waals surface area contributed by atoms with E-state index in [0.29, 0.717) is 12.1 Å². The molecule has 2 aromatic rings. The zero-order valence-electron chi connectivity index (χ0n) is 9.82. The molecule has 1 heterocycles. The molecule has 0 amide bonds. The number of sulfonamides is 1. The number of rotatable bonds is 4. The van der Waals surface area contributed by atoms with Crippen molar-refractivity contribution in [2.75, 3.05) is 4.72 Å². The average molecular weight is 306 g/mol. The Labute approximate surface area is 111 Å². The van der Waals surface area contributed by atoms with E-state index < -0.39 is 38.2 Å². The van der Waals surface area contributed by atoms with Gasteiger partial charge in [0.05, 0.1) is 6.20 Å². The Balaban J connectivity index is 2.44. The van der Waals surface area contributed by atoms with Gasteiger partial charge in [0.25, 0.3) is 10.0 Å². The fraction of sp³-hybridized carbons (Fsp3) is 0.100. The molecular weight excluding hydrogens is 297 g/mol. The number of hydrogen-bond acceptors (Lipinski definition) is 4. The van der Waals surface area contributed by atoms with Gasteiger partial charge in [-0.1, -0.05) is 0 Å². The maximum absolute atomic E-state index is 13.4. The van der Waals surface area contributed by atoms with Crippen LogP contribution < -0.4 is 10.5 Å². The second kappa shape index (κ2) is 5.13. The van der Waals surface area contributed by atoms with Crippen molar-refractivity contribution in [2.24, 2.45) is 5.73 Å². The molecule has 2 rings (SSSR count). The van der Waals surface area contributed by atoms with Crippen LogP contribution in [0.3, 0.4) is 0 Å². The van der Waals surface area contributed by atoms with E-state index >= 15 is 0 Å². The first-order chi connectivity index (χ1) is 9.35. The van der Waals surface area contributed by atoms with Crippen LogP contribution in [0.2, 0.25) is 0 Å². The van der Waals surface area contributed by atoms with Crippen LogP contribution in [0.1, 0.15) is 5.56 Å². The highest BCUT2D eigenvalue weighted by atomic mass is 32.2. The van der Waals surface area contributed by atoms with Crippen LogP contribution in [0.15, 0.2) is 23.4 Å². The standard InChI is InChI=1S/C10H9F3N4O2S/c11-6-1-7(12)9(8(13)2-6)17-20(18,19)10-5(3-14)4-15-16-10/h1-2,4,17H,3,14H2,(H,15,16). The first-order valence-corrected chi connectivity index (χ1v) is 6.73. The molecule has 6 nitrogen and oxygen atoms in total. The number of halogens is 3. The van der Waals surface area contributed by atoms with Gasteiger partial charge < -0.3 is 5.73 Å². The number of nitrogens with zero attached hydrogens (tertiary/aromatic N) is 1. The highest BCUT2D eigenvalue weighted by Crippen LogP contribution is 2.24. The fourth-order valence-corrected chi connectivity index (χ4v) is 2.72. The molecule has 20 heavy (non-hydrogen) atoms. The molecule has 0 saturated carbocycles. The second-order valence-corrected chi connectivity index (χ2v) is 5.40. The van der Waals surface area contributed by atoms with Crippen molar-refractivity contribution in [3.05, 3.63) is 41.3 Å². The quantitative estimate of drug-likeness (QED) is 0.787. The minimum Gasteiger partial charge on any atom is -0.326 e. The normalized spacial score (nSPS) is 11.6. The van der Waals surface area contributed by atoms with Crippen molar-refractivity contribution in [1.82, 2.24) is 10.2 Å². The Morgan fingerprint density at radius 1 is 1.25 bits per heavy atom. The molecule has 1 aromatic heterocycles. The third kappa shape index (κ3) is 2.60. The first-order valence-electron chi connectivity index (χ1n) is 5.25. The van der Waals surface area contributed by atoms with Gasteiger partial charge in [0.2, 0.25) is 0 Å². The summed E-state index contributed by atoms with van der Waals surface area (Å²) in [6.07, 6.45) is 1.17. The van der Waals surface area contributed by atoms with Crippen LogP contribution in [0.5, 0.6) is 0 Å². The maximum Gasteiger partial charge on any atom is 0.279 e. The Hall–Kier alpha value is -2.07. The van der Waals surface area contributed by atoms with Crippen molar-refractivity contribution >= 4 is 15.7 Å². The number of nitrogens with one attached hydrogen (secondary N) is 2. The van der Waals surface area contributed by atoms with Gasteiger partial charge in [-0.05, 0) is 0 Å². The van der Waals surface area contributed by atoms with Crippen LogP contribution in [-0.2, 0) is 16.6 Å². The summed E-state index contributed by atoms with van der Waals surface area (Å²) >= 11 is 0. The van der Waals surface area contributed by atoms with Gasteiger partial charge in [0.1, 0.15) is 11.5 Å². The molecule has 0 unspecified atom stereocenters. The fourth-order valence-electron chi connectivity index (χ4n) is 1.50. The molecule has 0 atom stereocenters. The smallest absolute Gasteiger partial charge is 0.279 e. The molecule has 0 bridgehead atoms. The molecule has 0 spiro atoms. The van der Waals surface area contributed by atoms with Gasteiger partial charge in [0.15, 0.2) is 16.7 Å². The van der Waals surface area contributed by atoms with Gasteiger partial charge in [-0.25, -0.2) is 13.2 Å². The summed E-state index contributed by atoms with van der Waals surface area (Å²) < 4.78 is 65.2. The topological polar surface area (TPSA) is 101 Å². The largest absolute Gasteiger partial charge is 0.326 e. The minimum absolute atomic E-state index is 0.138. The van der Waals surface area contributed by atoms with Crippen LogP contribution in [0, 0.1) is 17.5 Å². The zero-order valence-corrected chi connectivity index (χ0v) is 10.6. The molecule has 0 radical (unpaired) electrons. The summed E-state index contributed by atoms with van der Waals surface area (Å²) in [5, 5.41) is 5.24. The lowest BCUT2D eigenvalue weighted by Crippen LogP contribution is -2.18. The van der Waals surface area contributed by atoms with Gasteiger partial charge in [-0.3, -0.25) is 9.82 Å². The van der Waals surface area contributed by atoms with E-state index in [1.807, 2.05) is 0 Å². The Morgan fingerprint density at radius 2 is 1.85 bits per heavy atom. The van der Waals surface area contributed by atoms with Crippen molar-refractivity contribution < 1.29 is 21.6 Å². The third-order valence-corrected chi connectivity index (χ3v) is 3.77. The average Bonchev–Trinajstić information content (AvgIpc) is 2.83. The molecule has 108 valence electrons. The van der Waals surface area contributed by atoms with E-state index in [1.165, 1.54) is 6.20 Å². The van der Waals surface area contributed by atoms with Gasteiger partial charge in [-0.2, -0.15) is 13.5 Å². The van der Waals surface area contributed by atoms with E-state index in [9.17, 15) is 21.6 Å². The van der Waals surface area contributed by atoms with Crippen molar-refractivity contribution in [2.45, 2.75) is 11.6 Å². The van der Waals surface area contributed by atoms with Gasteiger partial charge in [0, 0.05) is 24.2 Å². The third-order valence-electron chi connectivity index (χ3n) is 2.41. The summed E-state index contributed by atoms with van der Waals surface area (Å²) in [6, 6.07) is 0.718. The first kappa shape index (κ1) is 14.3. The highest BCUT2D eigenvalue weighted by molar-refractivity contribution is 7.92. The van der Waals surface area contributed by atoms with Crippen LogP contribution in [-0.4, -0.2) is 18.6 Å². The van der Waals surface area contributed by atoms with Crippen LogP contribution in [0.25, 0.3) is 0 Å². The molecule has 0 aliphatic carbocycles. The Kier molecular flexibility index (Phi) is 3.68.